The lowest BCUT2D eigenvalue weighted by atomic mass is 10.1. The van der Waals surface area contributed by atoms with E-state index in [0.29, 0.717) is 11.3 Å². The molecule has 1 nitrogen and oxygen atoms in total. The van der Waals surface area contributed by atoms with Crippen molar-refractivity contribution < 1.29 is 0 Å². The highest BCUT2D eigenvalue weighted by molar-refractivity contribution is 5.48. The van der Waals surface area contributed by atoms with Gasteiger partial charge in [-0.3, -0.25) is 0 Å². The maximum atomic E-state index is 5.71. The molecule has 0 saturated heterocycles. The van der Waals surface area contributed by atoms with E-state index in [4.69, 9.17) is 5.73 Å². The van der Waals surface area contributed by atoms with Crippen molar-refractivity contribution in [2.45, 2.75) is 13.8 Å². The molecule has 1 heteroatoms. The summed E-state index contributed by atoms with van der Waals surface area (Å²) in [6, 6.07) is 0. The van der Waals surface area contributed by atoms with Gasteiger partial charge in [0.25, 0.3) is 0 Å². The first-order valence-corrected chi connectivity index (χ1v) is 4.01. The second-order valence-electron chi connectivity index (χ2n) is 3.63. The smallest absolute Gasteiger partial charge is 0.0313 e. The topological polar surface area (TPSA) is 26.0 Å². The molecule has 2 aliphatic carbocycles. The third-order valence-electron chi connectivity index (χ3n) is 2.96. The first-order chi connectivity index (χ1) is 5.14. The number of nitrogens with two attached hydrogens (primary N) is 1. The van der Waals surface area contributed by atoms with Gasteiger partial charge in [-0.25, -0.2) is 0 Å². The van der Waals surface area contributed by atoms with Crippen LogP contribution in [0, 0.1) is 11.3 Å². The summed E-state index contributed by atoms with van der Waals surface area (Å²) in [5.41, 5.74) is 8.37. The van der Waals surface area contributed by atoms with Crippen molar-refractivity contribution in [3.63, 3.8) is 0 Å². The lowest BCUT2D eigenvalue weighted by Gasteiger charge is -1.96. The Bertz CT molecular complexity index is 283. The van der Waals surface area contributed by atoms with E-state index in [1.807, 2.05) is 6.08 Å². The number of fused-ring (bicyclic) bond motifs is 1. The lowest BCUT2D eigenvalue weighted by molar-refractivity contribution is 0.671. The molecule has 0 aromatic rings. The van der Waals surface area contributed by atoms with Crippen LogP contribution < -0.4 is 5.73 Å². The van der Waals surface area contributed by atoms with Gasteiger partial charge in [-0.2, -0.15) is 0 Å². The van der Waals surface area contributed by atoms with Gasteiger partial charge < -0.3 is 5.73 Å². The quantitative estimate of drug-likeness (QED) is 0.557. The molecule has 2 N–H and O–H groups in total. The lowest BCUT2D eigenvalue weighted by Crippen LogP contribution is -1.90. The van der Waals surface area contributed by atoms with E-state index in [-0.39, 0.29) is 0 Å². The van der Waals surface area contributed by atoms with Crippen LogP contribution in [0.5, 0.6) is 0 Å². The van der Waals surface area contributed by atoms with Gasteiger partial charge >= 0.3 is 0 Å². The van der Waals surface area contributed by atoms with Crippen LogP contribution >= 0.6 is 0 Å². The van der Waals surface area contributed by atoms with Crippen LogP contribution in [-0.4, -0.2) is 0 Å². The van der Waals surface area contributed by atoms with Gasteiger partial charge in [-0.1, -0.05) is 31.6 Å². The van der Waals surface area contributed by atoms with Crippen molar-refractivity contribution in [2.75, 3.05) is 0 Å². The van der Waals surface area contributed by atoms with Crippen LogP contribution in [0.15, 0.2) is 35.6 Å². The van der Waals surface area contributed by atoms with Crippen molar-refractivity contribution in [2.24, 2.45) is 17.1 Å². The predicted octanol–water partition coefficient (Wildman–Crippen LogP) is 1.98. The van der Waals surface area contributed by atoms with Crippen LogP contribution in [0.25, 0.3) is 0 Å². The zero-order valence-electron chi connectivity index (χ0n) is 6.96. The summed E-state index contributed by atoms with van der Waals surface area (Å²) in [5.74, 6) is 0.686. The molecular formula is C10H13N. The molecule has 2 rings (SSSR count). The van der Waals surface area contributed by atoms with E-state index in [1.54, 1.807) is 0 Å². The van der Waals surface area contributed by atoms with Gasteiger partial charge in [0.15, 0.2) is 0 Å². The summed E-state index contributed by atoms with van der Waals surface area (Å²) in [7, 11) is 0. The molecule has 0 aliphatic heterocycles. The van der Waals surface area contributed by atoms with Gasteiger partial charge in [0, 0.05) is 11.1 Å². The first kappa shape index (κ1) is 6.71. The van der Waals surface area contributed by atoms with E-state index in [1.165, 1.54) is 5.57 Å². The maximum absolute atomic E-state index is 5.71. The highest BCUT2D eigenvalue weighted by atomic mass is 14.6. The fourth-order valence-electron chi connectivity index (χ4n) is 1.79. The van der Waals surface area contributed by atoms with Gasteiger partial charge in [-0.15, -0.1) is 0 Å². The molecular weight excluding hydrogens is 134 g/mol. The molecule has 0 bridgehead atoms. The summed E-state index contributed by atoms with van der Waals surface area (Å²) < 4.78 is 0. The van der Waals surface area contributed by atoms with E-state index < -0.39 is 0 Å². The summed E-state index contributed by atoms with van der Waals surface area (Å²) in [5, 5.41) is 0. The molecule has 2 atom stereocenters. The average Bonchev–Trinajstić information content (AvgIpc) is 2.47. The second-order valence-corrected chi connectivity index (χ2v) is 3.63. The van der Waals surface area contributed by atoms with Gasteiger partial charge in [-0.05, 0) is 18.1 Å². The zero-order valence-corrected chi connectivity index (χ0v) is 6.96. The molecule has 0 spiro atoms. The molecule has 11 heavy (non-hydrogen) atoms. The van der Waals surface area contributed by atoms with Crippen molar-refractivity contribution in [3.05, 3.63) is 35.6 Å². The number of hydrogen-bond donors (Lipinski definition) is 1. The Kier molecular flexibility index (Phi) is 1.09. The van der Waals surface area contributed by atoms with Crippen molar-refractivity contribution in [1.29, 1.82) is 0 Å². The molecule has 58 valence electrons. The summed E-state index contributed by atoms with van der Waals surface area (Å²) >= 11 is 0. The summed E-state index contributed by atoms with van der Waals surface area (Å²) in [4.78, 5) is 0. The summed E-state index contributed by atoms with van der Waals surface area (Å²) in [6.07, 6.45) is 8.35. The molecule has 0 radical (unpaired) electrons. The van der Waals surface area contributed by atoms with Crippen LogP contribution in [0.2, 0.25) is 0 Å². The molecule has 1 saturated carbocycles. The second kappa shape index (κ2) is 1.79. The molecule has 0 heterocycles. The molecule has 0 amide bonds. The molecule has 1 fully saturated rings. The average molecular weight is 147 g/mol. The number of rotatable bonds is 0. The predicted molar refractivity (Wildman–Crippen MR) is 46.8 cm³/mol. The van der Waals surface area contributed by atoms with Crippen LogP contribution in [-0.2, 0) is 0 Å². The minimum Gasteiger partial charge on any atom is -0.399 e. The number of hydrogen-bond acceptors (Lipinski definition) is 1. The Hall–Kier alpha value is -0.980. The van der Waals surface area contributed by atoms with Crippen LogP contribution in [0.1, 0.15) is 13.8 Å². The Labute approximate surface area is 67.3 Å². The molecule has 0 aromatic carbocycles. The SMILES string of the molecule is CC1C2=CC(N)=CC=CC21C. The fraction of sp³-hybridized carbons (Fsp3) is 0.400. The van der Waals surface area contributed by atoms with Crippen molar-refractivity contribution in [1.82, 2.24) is 0 Å². The minimum absolute atomic E-state index is 0.317. The highest BCUT2D eigenvalue weighted by Gasteiger charge is 2.50. The fourth-order valence-corrected chi connectivity index (χ4v) is 1.79. The molecule has 2 unspecified atom stereocenters. The molecule has 0 aromatic heterocycles. The van der Waals surface area contributed by atoms with Gasteiger partial charge in [0.05, 0.1) is 0 Å². The van der Waals surface area contributed by atoms with E-state index >= 15 is 0 Å². The summed E-state index contributed by atoms with van der Waals surface area (Å²) in [6.45, 7) is 4.50. The van der Waals surface area contributed by atoms with Crippen molar-refractivity contribution in [3.8, 4) is 0 Å². The largest absolute Gasteiger partial charge is 0.399 e. The van der Waals surface area contributed by atoms with Crippen molar-refractivity contribution >= 4 is 0 Å². The minimum atomic E-state index is 0.317. The Balaban J connectivity index is 2.43. The Morgan fingerprint density at radius 2 is 2.27 bits per heavy atom. The van der Waals surface area contributed by atoms with E-state index in [9.17, 15) is 0 Å². The maximum Gasteiger partial charge on any atom is 0.0313 e. The normalized spacial score (nSPS) is 40.4. The van der Waals surface area contributed by atoms with Crippen LogP contribution in [0.3, 0.4) is 0 Å². The Morgan fingerprint density at radius 1 is 1.55 bits per heavy atom. The highest BCUT2D eigenvalue weighted by Crippen LogP contribution is 2.59. The monoisotopic (exact) mass is 147 g/mol. The van der Waals surface area contributed by atoms with Gasteiger partial charge in [0.1, 0.15) is 0 Å². The van der Waals surface area contributed by atoms with Gasteiger partial charge in [0.2, 0.25) is 0 Å². The van der Waals surface area contributed by atoms with E-state index in [2.05, 4.69) is 32.1 Å². The van der Waals surface area contributed by atoms with Crippen LogP contribution in [0.4, 0.5) is 0 Å². The number of allylic oxidation sites excluding steroid dienone is 5. The third-order valence-corrected chi connectivity index (χ3v) is 2.96. The zero-order chi connectivity index (χ0) is 8.06. The third kappa shape index (κ3) is 0.770. The van der Waals surface area contributed by atoms with E-state index in [0.717, 1.165) is 5.70 Å². The molecule has 2 aliphatic rings. The Morgan fingerprint density at radius 3 is 3.00 bits per heavy atom. The first-order valence-electron chi connectivity index (χ1n) is 4.01. The standard InChI is InChI=1S/C10H13N/c1-7-9-6-8(11)4-3-5-10(7,9)2/h3-7H,11H2,1-2H3.